The van der Waals surface area contributed by atoms with Crippen LogP contribution in [-0.4, -0.2) is 38.0 Å². The van der Waals surface area contributed by atoms with Crippen molar-refractivity contribution in [3.8, 4) is 28.8 Å². The van der Waals surface area contributed by atoms with Crippen molar-refractivity contribution in [1.82, 2.24) is 24.9 Å². The number of pyridine rings is 1. The van der Waals surface area contributed by atoms with Gasteiger partial charge in [-0.3, -0.25) is 4.98 Å². The van der Waals surface area contributed by atoms with Crippen LogP contribution in [0.2, 0.25) is 0 Å². The molecule has 0 spiro atoms. The Labute approximate surface area is 148 Å². The summed E-state index contributed by atoms with van der Waals surface area (Å²) in [6.07, 6.45) is 1.65. The molecule has 1 aromatic carbocycles. The van der Waals surface area contributed by atoms with Crippen LogP contribution in [0.25, 0.3) is 28.8 Å². The number of esters is 1. The standard InChI is InChI=1S/C18H13N5O3/c1-25-18(24)14-11-15(23(21-14)12-7-3-2-4-8-12)17-20-16(22-26-17)13-9-5-6-10-19-13/h2-11H,1H3. The molecule has 3 heterocycles. The van der Waals surface area contributed by atoms with Gasteiger partial charge in [-0.1, -0.05) is 29.4 Å². The molecule has 8 nitrogen and oxygen atoms in total. The minimum absolute atomic E-state index is 0.143. The molecule has 0 aliphatic carbocycles. The van der Waals surface area contributed by atoms with Crippen LogP contribution in [0.1, 0.15) is 10.5 Å². The van der Waals surface area contributed by atoms with Gasteiger partial charge in [0.25, 0.3) is 5.89 Å². The summed E-state index contributed by atoms with van der Waals surface area (Å²) in [6.45, 7) is 0. The van der Waals surface area contributed by atoms with Gasteiger partial charge in [0.2, 0.25) is 5.82 Å². The summed E-state index contributed by atoms with van der Waals surface area (Å²) in [5.74, 6) is 0.0172. The van der Waals surface area contributed by atoms with E-state index < -0.39 is 5.97 Å². The minimum Gasteiger partial charge on any atom is -0.464 e. The first-order valence-corrected chi connectivity index (χ1v) is 7.75. The molecule has 0 unspecified atom stereocenters. The van der Waals surface area contributed by atoms with E-state index in [9.17, 15) is 4.79 Å². The molecule has 3 aromatic heterocycles. The molecule has 0 radical (unpaired) electrons. The molecular formula is C18H13N5O3. The quantitative estimate of drug-likeness (QED) is 0.524. The zero-order valence-corrected chi connectivity index (χ0v) is 13.7. The fourth-order valence-electron chi connectivity index (χ4n) is 2.43. The van der Waals surface area contributed by atoms with E-state index in [0.29, 0.717) is 17.2 Å². The van der Waals surface area contributed by atoms with Gasteiger partial charge in [0, 0.05) is 12.3 Å². The average Bonchev–Trinajstić information content (AvgIpc) is 3.36. The molecular weight excluding hydrogens is 334 g/mol. The van der Waals surface area contributed by atoms with Crippen LogP contribution in [0.5, 0.6) is 0 Å². The van der Waals surface area contributed by atoms with E-state index in [1.807, 2.05) is 36.4 Å². The second kappa shape index (κ2) is 6.60. The number of methoxy groups -OCH3 is 1. The van der Waals surface area contributed by atoms with Crippen LogP contribution >= 0.6 is 0 Å². The SMILES string of the molecule is COC(=O)c1cc(-c2nc(-c3ccccn3)no2)n(-c2ccccc2)n1. The van der Waals surface area contributed by atoms with Crippen molar-refractivity contribution in [3.05, 3.63) is 66.5 Å². The van der Waals surface area contributed by atoms with Crippen molar-refractivity contribution < 1.29 is 14.1 Å². The second-order valence-corrected chi connectivity index (χ2v) is 5.29. The third-order valence-electron chi connectivity index (χ3n) is 3.64. The van der Waals surface area contributed by atoms with Gasteiger partial charge in [-0.2, -0.15) is 10.1 Å². The molecule has 0 aliphatic heterocycles. The average molecular weight is 347 g/mol. The highest BCUT2D eigenvalue weighted by atomic mass is 16.5. The number of carbonyl (C=O) groups excluding carboxylic acids is 1. The Kier molecular flexibility index (Phi) is 3.98. The van der Waals surface area contributed by atoms with E-state index in [1.165, 1.54) is 7.11 Å². The maximum atomic E-state index is 11.9. The van der Waals surface area contributed by atoms with Crippen LogP contribution in [-0.2, 0) is 4.74 Å². The first-order valence-electron chi connectivity index (χ1n) is 7.75. The molecule has 128 valence electrons. The largest absolute Gasteiger partial charge is 0.464 e. The van der Waals surface area contributed by atoms with E-state index in [4.69, 9.17) is 9.26 Å². The number of rotatable bonds is 4. The number of hydrogen-bond donors (Lipinski definition) is 0. The number of benzene rings is 1. The van der Waals surface area contributed by atoms with Crippen molar-refractivity contribution in [2.24, 2.45) is 0 Å². The van der Waals surface area contributed by atoms with Gasteiger partial charge in [-0.05, 0) is 24.3 Å². The van der Waals surface area contributed by atoms with Crippen LogP contribution < -0.4 is 0 Å². The fraction of sp³-hybridized carbons (Fsp3) is 0.0556. The number of para-hydroxylation sites is 1. The van der Waals surface area contributed by atoms with Crippen molar-refractivity contribution in [2.45, 2.75) is 0 Å². The number of nitrogens with zero attached hydrogens (tertiary/aromatic N) is 5. The molecule has 4 rings (SSSR count). The van der Waals surface area contributed by atoms with Gasteiger partial charge in [0.1, 0.15) is 11.4 Å². The molecule has 0 bridgehead atoms. The molecule has 0 fully saturated rings. The smallest absolute Gasteiger partial charge is 0.358 e. The number of carbonyl (C=O) groups is 1. The molecule has 0 N–H and O–H groups in total. The lowest BCUT2D eigenvalue weighted by Crippen LogP contribution is -2.04. The zero-order chi connectivity index (χ0) is 17.9. The fourth-order valence-corrected chi connectivity index (χ4v) is 2.43. The predicted molar refractivity (Wildman–Crippen MR) is 91.4 cm³/mol. The van der Waals surface area contributed by atoms with Gasteiger partial charge in [0.15, 0.2) is 5.69 Å². The third-order valence-corrected chi connectivity index (χ3v) is 3.64. The van der Waals surface area contributed by atoms with Crippen molar-refractivity contribution in [2.75, 3.05) is 7.11 Å². The van der Waals surface area contributed by atoms with Crippen LogP contribution in [0.3, 0.4) is 0 Å². The van der Waals surface area contributed by atoms with Gasteiger partial charge < -0.3 is 9.26 Å². The normalized spacial score (nSPS) is 10.7. The van der Waals surface area contributed by atoms with E-state index in [0.717, 1.165) is 5.69 Å². The first-order chi connectivity index (χ1) is 12.8. The Morgan fingerprint density at radius 1 is 1.12 bits per heavy atom. The monoisotopic (exact) mass is 347 g/mol. The number of aromatic nitrogens is 5. The topological polar surface area (TPSA) is 95.9 Å². The highest BCUT2D eigenvalue weighted by Gasteiger charge is 2.21. The molecule has 26 heavy (non-hydrogen) atoms. The minimum atomic E-state index is -0.551. The van der Waals surface area contributed by atoms with E-state index >= 15 is 0 Å². The molecule has 0 amide bonds. The lowest BCUT2D eigenvalue weighted by molar-refractivity contribution is 0.0593. The predicted octanol–water partition coefficient (Wildman–Crippen LogP) is 2.77. The molecule has 0 saturated heterocycles. The van der Waals surface area contributed by atoms with Crippen LogP contribution in [0.4, 0.5) is 0 Å². The van der Waals surface area contributed by atoms with E-state index in [1.54, 1.807) is 29.1 Å². The number of hydrogen-bond acceptors (Lipinski definition) is 7. The van der Waals surface area contributed by atoms with Gasteiger partial charge >= 0.3 is 5.97 Å². The number of ether oxygens (including phenoxy) is 1. The highest BCUT2D eigenvalue weighted by molar-refractivity contribution is 5.88. The summed E-state index contributed by atoms with van der Waals surface area (Å²) in [4.78, 5) is 20.5. The Balaban J connectivity index is 1.82. The van der Waals surface area contributed by atoms with Crippen molar-refractivity contribution in [3.63, 3.8) is 0 Å². The van der Waals surface area contributed by atoms with E-state index in [2.05, 4.69) is 20.2 Å². The van der Waals surface area contributed by atoms with Crippen LogP contribution in [0, 0.1) is 0 Å². The molecule has 4 aromatic rings. The summed E-state index contributed by atoms with van der Waals surface area (Å²) < 4.78 is 11.7. The van der Waals surface area contributed by atoms with Crippen molar-refractivity contribution in [1.29, 1.82) is 0 Å². The van der Waals surface area contributed by atoms with Gasteiger partial charge in [-0.15, -0.1) is 0 Å². The highest BCUT2D eigenvalue weighted by Crippen LogP contribution is 2.25. The lowest BCUT2D eigenvalue weighted by Gasteiger charge is -2.03. The first kappa shape index (κ1) is 15.7. The Hall–Kier alpha value is -3.81. The molecule has 0 saturated carbocycles. The van der Waals surface area contributed by atoms with E-state index in [-0.39, 0.29) is 11.6 Å². The summed E-state index contributed by atoms with van der Waals surface area (Å²) in [6, 6.07) is 16.3. The summed E-state index contributed by atoms with van der Waals surface area (Å²) in [7, 11) is 1.30. The lowest BCUT2D eigenvalue weighted by atomic mass is 10.3. The summed E-state index contributed by atoms with van der Waals surface area (Å²) in [5, 5.41) is 8.27. The summed E-state index contributed by atoms with van der Waals surface area (Å²) >= 11 is 0. The zero-order valence-electron chi connectivity index (χ0n) is 13.7. The maximum Gasteiger partial charge on any atom is 0.358 e. The molecule has 0 atom stereocenters. The third kappa shape index (κ3) is 2.84. The molecule has 8 heteroatoms. The Bertz CT molecular complexity index is 1040. The van der Waals surface area contributed by atoms with Crippen LogP contribution in [0.15, 0.2) is 65.3 Å². The Morgan fingerprint density at radius 2 is 1.92 bits per heavy atom. The Morgan fingerprint density at radius 3 is 2.65 bits per heavy atom. The summed E-state index contributed by atoms with van der Waals surface area (Å²) in [5.41, 5.74) is 1.95. The van der Waals surface area contributed by atoms with Crippen molar-refractivity contribution >= 4 is 5.97 Å². The van der Waals surface area contributed by atoms with Gasteiger partial charge in [0.05, 0.1) is 12.8 Å². The molecule has 0 aliphatic rings. The second-order valence-electron chi connectivity index (χ2n) is 5.29. The van der Waals surface area contributed by atoms with Gasteiger partial charge in [-0.25, -0.2) is 9.48 Å². The maximum absolute atomic E-state index is 11.9.